The average Bonchev–Trinajstić information content (AvgIpc) is 3.49. The molecule has 3 aromatic heterocycles. The predicted molar refractivity (Wildman–Crippen MR) is 129 cm³/mol. The third-order valence-electron chi connectivity index (χ3n) is 5.70. The highest BCUT2D eigenvalue weighted by molar-refractivity contribution is 7.90. The number of anilines is 3. The standard InChI is InChI=1S/C21H24N8O2S2/c1-3-27-8-10-28(11-9-27)21-25-19(24-15-4-6-16(7-5-15)33(2,30)31)18-20(26-21)29(13-22-18)17-12-32-14-23-17/h4-7,12-14H,3,8-11H2,1-2H3,(H,24,25,26). The molecule has 1 aliphatic heterocycles. The quantitative estimate of drug-likeness (QED) is 0.441. The summed E-state index contributed by atoms with van der Waals surface area (Å²) < 4.78 is 25.4. The highest BCUT2D eigenvalue weighted by atomic mass is 32.2. The molecular weight excluding hydrogens is 460 g/mol. The van der Waals surface area contributed by atoms with Crippen molar-refractivity contribution >= 4 is 49.8 Å². The van der Waals surface area contributed by atoms with Crippen molar-refractivity contribution in [2.24, 2.45) is 0 Å². The van der Waals surface area contributed by atoms with Crippen LogP contribution < -0.4 is 10.2 Å². The van der Waals surface area contributed by atoms with Crippen LogP contribution in [0.5, 0.6) is 0 Å². The van der Waals surface area contributed by atoms with Gasteiger partial charge in [0.2, 0.25) is 5.95 Å². The minimum absolute atomic E-state index is 0.267. The van der Waals surface area contributed by atoms with E-state index in [1.165, 1.54) is 17.6 Å². The number of aromatic nitrogens is 5. The van der Waals surface area contributed by atoms with Crippen molar-refractivity contribution in [3.8, 4) is 5.82 Å². The monoisotopic (exact) mass is 484 g/mol. The number of piperazine rings is 1. The number of nitrogens with zero attached hydrogens (tertiary/aromatic N) is 7. The van der Waals surface area contributed by atoms with E-state index in [0.717, 1.165) is 38.5 Å². The second-order valence-corrected chi connectivity index (χ2v) is 10.6. The first-order valence-electron chi connectivity index (χ1n) is 10.6. The maximum Gasteiger partial charge on any atom is 0.229 e. The lowest BCUT2D eigenvalue weighted by molar-refractivity contribution is 0.270. The molecule has 33 heavy (non-hydrogen) atoms. The molecule has 0 aliphatic carbocycles. The summed E-state index contributed by atoms with van der Waals surface area (Å²) in [4.78, 5) is 23.5. The Hall–Kier alpha value is -3.09. The van der Waals surface area contributed by atoms with E-state index in [9.17, 15) is 8.42 Å². The molecule has 4 aromatic rings. The van der Waals surface area contributed by atoms with Gasteiger partial charge < -0.3 is 15.1 Å². The van der Waals surface area contributed by atoms with Gasteiger partial charge in [0.05, 0.1) is 10.4 Å². The van der Waals surface area contributed by atoms with Crippen molar-refractivity contribution < 1.29 is 8.42 Å². The minimum atomic E-state index is -3.26. The molecule has 0 unspecified atom stereocenters. The van der Waals surface area contributed by atoms with E-state index in [1.807, 2.05) is 9.95 Å². The van der Waals surface area contributed by atoms with E-state index in [1.54, 1.807) is 36.1 Å². The van der Waals surface area contributed by atoms with Crippen LogP contribution in [0.3, 0.4) is 0 Å². The number of fused-ring (bicyclic) bond motifs is 1. The van der Waals surface area contributed by atoms with E-state index < -0.39 is 9.84 Å². The van der Waals surface area contributed by atoms with Crippen LogP contribution in [0.25, 0.3) is 17.0 Å². The van der Waals surface area contributed by atoms with Crippen molar-refractivity contribution in [3.63, 3.8) is 0 Å². The van der Waals surface area contributed by atoms with E-state index >= 15 is 0 Å². The zero-order valence-electron chi connectivity index (χ0n) is 18.3. The number of hydrogen-bond acceptors (Lipinski definition) is 10. The lowest BCUT2D eigenvalue weighted by Gasteiger charge is -2.34. The zero-order valence-corrected chi connectivity index (χ0v) is 20.0. The summed E-state index contributed by atoms with van der Waals surface area (Å²) in [6.07, 6.45) is 2.89. The Balaban J connectivity index is 1.55. The Bertz CT molecular complexity index is 1360. The summed E-state index contributed by atoms with van der Waals surface area (Å²) in [6.45, 7) is 6.79. The highest BCUT2D eigenvalue weighted by Gasteiger charge is 2.22. The normalized spacial score (nSPS) is 15.3. The van der Waals surface area contributed by atoms with Crippen LogP contribution in [0.2, 0.25) is 0 Å². The van der Waals surface area contributed by atoms with Gasteiger partial charge >= 0.3 is 0 Å². The van der Waals surface area contributed by atoms with E-state index in [0.29, 0.717) is 28.6 Å². The summed E-state index contributed by atoms with van der Waals surface area (Å²) in [5.41, 5.74) is 3.77. The molecule has 0 atom stereocenters. The molecule has 0 spiro atoms. The molecule has 0 radical (unpaired) electrons. The van der Waals surface area contributed by atoms with Crippen LogP contribution >= 0.6 is 11.3 Å². The number of nitrogens with one attached hydrogen (secondary N) is 1. The van der Waals surface area contributed by atoms with Crippen LogP contribution in [-0.4, -0.2) is 76.8 Å². The van der Waals surface area contributed by atoms with Crippen LogP contribution in [0.4, 0.5) is 17.5 Å². The molecule has 1 fully saturated rings. The molecule has 1 N–H and O–H groups in total. The van der Waals surface area contributed by atoms with Crippen LogP contribution in [0.1, 0.15) is 6.92 Å². The van der Waals surface area contributed by atoms with Crippen molar-refractivity contribution in [1.29, 1.82) is 0 Å². The molecule has 0 bridgehead atoms. The second-order valence-electron chi connectivity index (χ2n) is 7.85. The van der Waals surface area contributed by atoms with Crippen molar-refractivity contribution in [2.75, 3.05) is 49.2 Å². The number of benzene rings is 1. The van der Waals surface area contributed by atoms with Crippen molar-refractivity contribution in [3.05, 3.63) is 41.5 Å². The fourth-order valence-corrected chi connectivity index (χ4v) is 4.95. The average molecular weight is 485 g/mol. The van der Waals surface area contributed by atoms with Gasteiger partial charge in [0.25, 0.3) is 0 Å². The van der Waals surface area contributed by atoms with Crippen LogP contribution in [0, 0.1) is 0 Å². The summed E-state index contributed by atoms with van der Waals surface area (Å²) in [7, 11) is -3.26. The maximum atomic E-state index is 11.8. The lowest BCUT2D eigenvalue weighted by atomic mass is 10.3. The van der Waals surface area contributed by atoms with Gasteiger partial charge in [-0.3, -0.25) is 4.57 Å². The fraction of sp³-hybridized carbons (Fsp3) is 0.333. The molecule has 1 saturated heterocycles. The SMILES string of the molecule is CCN1CCN(c2nc(Nc3ccc(S(C)(=O)=O)cc3)c3ncn(-c4cscn4)c3n2)CC1. The Morgan fingerprint density at radius 1 is 1.06 bits per heavy atom. The smallest absolute Gasteiger partial charge is 0.229 e. The van der Waals surface area contributed by atoms with E-state index in [2.05, 4.69) is 32.0 Å². The molecular formula is C21H24N8O2S2. The van der Waals surface area contributed by atoms with Gasteiger partial charge in [0.1, 0.15) is 6.33 Å². The number of hydrogen-bond donors (Lipinski definition) is 1. The lowest BCUT2D eigenvalue weighted by Crippen LogP contribution is -2.46. The first-order valence-corrected chi connectivity index (χ1v) is 13.4. The predicted octanol–water partition coefficient (Wildman–Crippen LogP) is 2.56. The fourth-order valence-electron chi connectivity index (χ4n) is 3.80. The number of sulfone groups is 1. The highest BCUT2D eigenvalue weighted by Crippen LogP contribution is 2.28. The Kier molecular flexibility index (Phi) is 5.72. The van der Waals surface area contributed by atoms with Crippen LogP contribution in [-0.2, 0) is 9.84 Å². The Morgan fingerprint density at radius 3 is 2.45 bits per heavy atom. The Morgan fingerprint density at radius 2 is 1.82 bits per heavy atom. The molecule has 12 heteroatoms. The summed E-state index contributed by atoms with van der Waals surface area (Å²) in [6, 6.07) is 6.60. The zero-order chi connectivity index (χ0) is 23.0. The molecule has 1 aliphatic rings. The molecule has 0 amide bonds. The number of imidazole rings is 1. The number of rotatable bonds is 6. The van der Waals surface area contributed by atoms with Crippen molar-refractivity contribution in [1.82, 2.24) is 29.4 Å². The van der Waals surface area contributed by atoms with Crippen LogP contribution in [0.15, 0.2) is 46.4 Å². The summed E-state index contributed by atoms with van der Waals surface area (Å²) in [5, 5.41) is 5.25. The first kappa shape index (κ1) is 21.7. The maximum absolute atomic E-state index is 11.8. The first-order chi connectivity index (χ1) is 15.9. The molecule has 1 aromatic carbocycles. The van der Waals surface area contributed by atoms with Gasteiger partial charge in [-0.25, -0.2) is 18.4 Å². The number of thiazole rings is 1. The van der Waals surface area contributed by atoms with Gasteiger partial charge in [-0.2, -0.15) is 9.97 Å². The third-order valence-corrected chi connectivity index (χ3v) is 7.40. The molecule has 5 rings (SSSR count). The largest absolute Gasteiger partial charge is 0.338 e. The van der Waals surface area contributed by atoms with Gasteiger partial charge in [0.15, 0.2) is 32.6 Å². The number of likely N-dealkylation sites (N-methyl/N-ethyl adjacent to an activating group) is 1. The topological polar surface area (TPSA) is 109 Å². The minimum Gasteiger partial charge on any atom is -0.338 e. The molecule has 172 valence electrons. The van der Waals surface area contributed by atoms with Crippen molar-refractivity contribution in [2.45, 2.75) is 11.8 Å². The summed E-state index contributed by atoms with van der Waals surface area (Å²) >= 11 is 1.51. The summed E-state index contributed by atoms with van der Waals surface area (Å²) in [5.74, 6) is 1.95. The van der Waals surface area contributed by atoms with Gasteiger partial charge in [-0.15, -0.1) is 11.3 Å². The molecule has 4 heterocycles. The Labute approximate surface area is 195 Å². The van der Waals surface area contributed by atoms with Gasteiger partial charge in [-0.05, 0) is 30.8 Å². The van der Waals surface area contributed by atoms with E-state index in [4.69, 9.17) is 9.97 Å². The molecule has 0 saturated carbocycles. The second kappa shape index (κ2) is 8.69. The van der Waals surface area contributed by atoms with E-state index in [-0.39, 0.29) is 4.90 Å². The van der Waals surface area contributed by atoms with Gasteiger partial charge in [0, 0.05) is 43.5 Å². The van der Waals surface area contributed by atoms with Gasteiger partial charge in [-0.1, -0.05) is 6.92 Å². The third kappa shape index (κ3) is 4.41. The molecule has 10 nitrogen and oxygen atoms in total.